The van der Waals surface area contributed by atoms with Crippen LogP contribution in [0.4, 0.5) is 0 Å². The summed E-state index contributed by atoms with van der Waals surface area (Å²) in [6.45, 7) is 0. The summed E-state index contributed by atoms with van der Waals surface area (Å²) in [7, 11) is 0.108. The van der Waals surface area contributed by atoms with E-state index in [1.807, 2.05) is 0 Å². The summed E-state index contributed by atoms with van der Waals surface area (Å²) in [6.07, 6.45) is 3.63. The fourth-order valence-corrected chi connectivity index (χ4v) is 5.66. The maximum absolute atomic E-state index is 10.9. The van der Waals surface area contributed by atoms with Gasteiger partial charge in [-0.2, -0.15) is 0 Å². The monoisotopic (exact) mass is 482 g/mol. The molecule has 8 heteroatoms. The van der Waals surface area contributed by atoms with E-state index in [1.54, 1.807) is 6.20 Å². The molecule has 2 atom stereocenters. The van der Waals surface area contributed by atoms with Crippen molar-refractivity contribution in [3.05, 3.63) is 72.1 Å². The van der Waals surface area contributed by atoms with Crippen LogP contribution in [0.25, 0.3) is 44.4 Å². The number of hydrogen-bond acceptors (Lipinski definition) is 4. The van der Waals surface area contributed by atoms with E-state index in [0.717, 1.165) is 69.8 Å². The van der Waals surface area contributed by atoms with Gasteiger partial charge in [0, 0.05) is 28.4 Å². The first-order valence-corrected chi connectivity index (χ1v) is 13.1. The molecule has 6 rings (SSSR count). The van der Waals surface area contributed by atoms with Crippen molar-refractivity contribution in [1.82, 2.24) is 19.9 Å². The van der Waals surface area contributed by atoms with Crippen molar-refractivity contribution in [3.8, 4) is 33.6 Å². The molecule has 2 unspecified atom stereocenters. The molecule has 0 saturated carbocycles. The first-order valence-electron chi connectivity index (χ1n) is 10.9. The number of hydrogen-bond donors (Lipinski definition) is 2. The van der Waals surface area contributed by atoms with Crippen LogP contribution in [0.5, 0.6) is 0 Å². The van der Waals surface area contributed by atoms with E-state index in [2.05, 4.69) is 69.5 Å². The highest BCUT2D eigenvalue weighted by Crippen LogP contribution is 2.37. The molecule has 0 bridgehead atoms. The Hall–Kier alpha value is -3.46. The lowest BCUT2D eigenvalue weighted by molar-refractivity contribution is 0.569. The molecule has 0 radical (unpaired) electrons. The number of aromatic amines is 2. The highest BCUT2D eigenvalue weighted by Gasteiger charge is 2.22. The molecule has 5 aromatic rings. The van der Waals surface area contributed by atoms with Gasteiger partial charge in [0.1, 0.15) is 23.2 Å². The van der Waals surface area contributed by atoms with Gasteiger partial charge in [-0.25, -0.2) is 9.97 Å². The fraction of sp³-hybridized carbons (Fsp3) is 0.0769. The molecule has 0 saturated heterocycles. The Bertz CT molecular complexity index is 1550. The minimum absolute atomic E-state index is 0.0448. The Labute approximate surface area is 199 Å². The number of H-pyrrole nitrogens is 2. The van der Waals surface area contributed by atoms with Crippen molar-refractivity contribution in [3.63, 3.8) is 0 Å². The molecule has 6 nitrogen and oxygen atoms in total. The quantitative estimate of drug-likeness (QED) is 0.278. The van der Waals surface area contributed by atoms with E-state index in [1.165, 1.54) is 16.3 Å². The Morgan fingerprint density at radius 3 is 2.38 bits per heavy atom. The summed E-state index contributed by atoms with van der Waals surface area (Å²) >= 11 is 0. The molecular formula is C26H20N4O2P2. The van der Waals surface area contributed by atoms with E-state index in [-0.39, 0.29) is 17.2 Å². The molecule has 34 heavy (non-hydrogen) atoms. The van der Waals surface area contributed by atoms with Crippen molar-refractivity contribution in [2.45, 2.75) is 12.8 Å². The van der Waals surface area contributed by atoms with Gasteiger partial charge >= 0.3 is 0 Å². The molecule has 166 valence electrons. The Balaban J connectivity index is 1.33. The van der Waals surface area contributed by atoms with Crippen molar-refractivity contribution in [1.29, 1.82) is 0 Å². The zero-order valence-electron chi connectivity index (χ0n) is 18.1. The van der Waals surface area contributed by atoms with Gasteiger partial charge in [0.15, 0.2) is 0 Å². The van der Waals surface area contributed by atoms with E-state index in [4.69, 9.17) is 4.98 Å². The summed E-state index contributed by atoms with van der Waals surface area (Å²) in [5.74, 6) is 0. The van der Waals surface area contributed by atoms with E-state index >= 15 is 0 Å². The third-order valence-corrected chi connectivity index (χ3v) is 7.56. The van der Waals surface area contributed by atoms with E-state index < -0.39 is 0 Å². The molecule has 2 N–H and O–H groups in total. The zero-order valence-corrected chi connectivity index (χ0v) is 20.1. The van der Waals surface area contributed by atoms with Crippen LogP contribution in [0.2, 0.25) is 0 Å². The van der Waals surface area contributed by atoms with Crippen LogP contribution in [0.3, 0.4) is 0 Å². The summed E-state index contributed by atoms with van der Waals surface area (Å²) < 4.78 is 0. The van der Waals surface area contributed by atoms with Gasteiger partial charge in [0.2, 0.25) is 0 Å². The van der Waals surface area contributed by atoms with Crippen molar-refractivity contribution < 1.29 is 9.59 Å². The lowest BCUT2D eigenvalue weighted by Crippen LogP contribution is -2.04. The molecule has 0 aliphatic heterocycles. The minimum atomic E-state index is 0.0448. The predicted octanol–water partition coefficient (Wildman–Crippen LogP) is 4.37. The van der Waals surface area contributed by atoms with Crippen LogP contribution in [0, 0.1) is 0 Å². The minimum Gasteiger partial charge on any atom is -0.341 e. The number of carbonyl (C=O) groups is 2. The summed E-state index contributed by atoms with van der Waals surface area (Å²) in [5.41, 5.74) is 10.3. The number of imidazole rings is 2. The van der Waals surface area contributed by atoms with Crippen LogP contribution < -0.4 is 11.1 Å². The van der Waals surface area contributed by atoms with Gasteiger partial charge in [0.25, 0.3) is 0 Å². The normalized spacial score (nSPS) is 13.1. The van der Waals surface area contributed by atoms with Gasteiger partial charge in [-0.1, -0.05) is 48.5 Å². The molecule has 3 aromatic carbocycles. The molecule has 2 heterocycles. The molecule has 2 aromatic heterocycles. The fourth-order valence-electron chi connectivity index (χ4n) is 4.69. The molecule has 0 fully saturated rings. The average molecular weight is 482 g/mol. The Kier molecular flexibility index (Phi) is 5.41. The number of nitrogens with one attached hydrogen (secondary N) is 2. The van der Waals surface area contributed by atoms with Crippen molar-refractivity contribution in [2.24, 2.45) is 0 Å². The summed E-state index contributed by atoms with van der Waals surface area (Å²) in [4.78, 5) is 37.1. The van der Waals surface area contributed by atoms with Crippen LogP contribution in [-0.4, -0.2) is 32.0 Å². The van der Waals surface area contributed by atoms with Gasteiger partial charge < -0.3 is 9.97 Å². The first kappa shape index (κ1) is 21.1. The third kappa shape index (κ3) is 3.69. The van der Waals surface area contributed by atoms with Crippen LogP contribution >= 0.6 is 17.2 Å². The maximum atomic E-state index is 10.9. The van der Waals surface area contributed by atoms with Crippen LogP contribution in [0.15, 0.2) is 60.8 Å². The number of nitrogens with zero attached hydrogens (tertiary/aromatic N) is 2. The summed E-state index contributed by atoms with van der Waals surface area (Å²) in [5, 5.41) is 2.47. The third-order valence-electron chi connectivity index (χ3n) is 6.29. The molecule has 1 aliphatic rings. The number of benzene rings is 3. The van der Waals surface area contributed by atoms with Crippen molar-refractivity contribution in [2.75, 3.05) is 0 Å². The van der Waals surface area contributed by atoms with Gasteiger partial charge in [-0.3, -0.25) is 9.59 Å². The Morgan fingerprint density at radius 1 is 0.794 bits per heavy atom. The number of aryl methyl sites for hydroxylation is 2. The Morgan fingerprint density at radius 2 is 1.56 bits per heavy atom. The van der Waals surface area contributed by atoms with Crippen LogP contribution in [-0.2, 0) is 22.4 Å². The number of carbonyl (C=O) groups excluding carboxylic acids is 2. The van der Waals surface area contributed by atoms with E-state index in [0.29, 0.717) is 5.57 Å². The topological polar surface area (TPSA) is 91.5 Å². The van der Waals surface area contributed by atoms with Gasteiger partial charge in [0.05, 0.1) is 17.6 Å². The number of fused-ring (bicyclic) bond motifs is 5. The second-order valence-electron chi connectivity index (χ2n) is 8.19. The second kappa shape index (κ2) is 8.72. The first-order chi connectivity index (χ1) is 16.7. The molecule has 0 amide bonds. The lowest BCUT2D eigenvalue weighted by Gasteiger charge is -2.18. The van der Waals surface area contributed by atoms with Gasteiger partial charge in [-0.05, 0) is 51.9 Å². The lowest BCUT2D eigenvalue weighted by atomic mass is 9.87. The van der Waals surface area contributed by atoms with Crippen LogP contribution in [0.1, 0.15) is 11.3 Å². The van der Waals surface area contributed by atoms with Gasteiger partial charge in [-0.15, -0.1) is 0 Å². The highest BCUT2D eigenvalue weighted by atomic mass is 31.1. The molecular weight excluding hydrogens is 462 g/mol. The molecule has 1 aliphatic carbocycles. The van der Waals surface area contributed by atoms with Crippen molar-refractivity contribution >= 4 is 51.1 Å². The highest BCUT2D eigenvalue weighted by molar-refractivity contribution is 7.62. The number of aromatic nitrogens is 4. The number of rotatable bonds is 6. The zero-order chi connectivity index (χ0) is 23.1. The smallest absolute Gasteiger partial charge is 0.146 e. The maximum Gasteiger partial charge on any atom is 0.146 e. The second-order valence-corrected chi connectivity index (χ2v) is 10.2. The standard InChI is InChI=1S/C26H20N4O2P2/c31-13-33-25-27-12-23(29-25)16-3-1-15(2-4-16)17-5-7-19-18(11-17)6-8-21-20(19)9-10-22-24(21)30-26(28-22)34-14-32/h1-8,11-14,33-34H,9-10H2,(H,27,29)(H,28,30). The molecule has 0 spiro atoms. The summed E-state index contributed by atoms with van der Waals surface area (Å²) in [6, 6.07) is 21.1. The predicted molar refractivity (Wildman–Crippen MR) is 141 cm³/mol. The van der Waals surface area contributed by atoms with E-state index in [9.17, 15) is 9.59 Å². The average Bonchev–Trinajstić information content (AvgIpc) is 3.51. The largest absolute Gasteiger partial charge is 0.341 e. The SMILES string of the molecule is O=CPc1ncc(-c2ccc(-c3ccc4c5c(ccc4c3)-c3nc(PC=O)[nH]c3CC5)cc2)[nH]1.